The predicted molar refractivity (Wildman–Crippen MR) is 143 cm³/mol. The van der Waals surface area contributed by atoms with E-state index in [4.69, 9.17) is 15.6 Å². The fourth-order valence-corrected chi connectivity index (χ4v) is 5.11. The highest BCUT2D eigenvalue weighted by atomic mass is 32.1. The highest BCUT2D eigenvalue weighted by Gasteiger charge is 2.34. The van der Waals surface area contributed by atoms with Crippen molar-refractivity contribution in [3.63, 3.8) is 0 Å². The highest BCUT2D eigenvalue weighted by Crippen LogP contribution is 2.34. The van der Waals surface area contributed by atoms with Crippen molar-refractivity contribution in [1.29, 1.82) is 0 Å². The molecule has 2 aliphatic rings. The molecule has 1 aromatic rings. The second kappa shape index (κ2) is 14.5. The second-order valence-corrected chi connectivity index (χ2v) is 10.5. The van der Waals surface area contributed by atoms with Gasteiger partial charge in [-0.1, -0.05) is 12.8 Å². The number of nitrogens with zero attached hydrogens (tertiary/aromatic N) is 3. The molecule has 212 valence electrons. The lowest BCUT2D eigenvalue weighted by atomic mass is 9.87. The van der Waals surface area contributed by atoms with Crippen LogP contribution in [0.3, 0.4) is 0 Å². The van der Waals surface area contributed by atoms with Gasteiger partial charge in [0.1, 0.15) is 22.1 Å². The topological polar surface area (TPSA) is 133 Å². The van der Waals surface area contributed by atoms with Crippen LogP contribution in [0.4, 0.5) is 18.6 Å². The summed E-state index contributed by atoms with van der Waals surface area (Å²) in [6.07, 6.45) is 7.25. The van der Waals surface area contributed by atoms with Gasteiger partial charge >= 0.3 is 6.03 Å². The average molecular weight is 557 g/mol. The van der Waals surface area contributed by atoms with Crippen LogP contribution in [0.5, 0.6) is 5.88 Å². The van der Waals surface area contributed by atoms with Gasteiger partial charge in [-0.25, -0.2) is 13.6 Å². The van der Waals surface area contributed by atoms with Gasteiger partial charge in [0.2, 0.25) is 5.88 Å². The number of carbonyl (C=O) groups is 2. The van der Waals surface area contributed by atoms with Gasteiger partial charge in [0, 0.05) is 39.3 Å². The zero-order valence-corrected chi connectivity index (χ0v) is 22.6. The second-order valence-electron chi connectivity index (χ2n) is 9.71. The van der Waals surface area contributed by atoms with Crippen molar-refractivity contribution < 1.29 is 28.2 Å². The quantitative estimate of drug-likeness (QED) is 0.259. The van der Waals surface area contributed by atoms with Crippen molar-refractivity contribution in [2.24, 2.45) is 11.7 Å². The van der Waals surface area contributed by atoms with Crippen LogP contribution in [0.1, 0.15) is 43.0 Å². The zero-order chi connectivity index (χ0) is 27.5. The van der Waals surface area contributed by atoms with Crippen LogP contribution >= 0.6 is 11.5 Å². The van der Waals surface area contributed by atoms with E-state index >= 15 is 0 Å². The number of aromatic nitrogens is 1. The smallest absolute Gasteiger partial charge is 0.319 e. The number of piperazine rings is 1. The number of primary amides is 1. The number of rotatable bonds is 14. The number of hydrogen-bond donors (Lipinski definition) is 4. The first-order valence-corrected chi connectivity index (χ1v) is 13.7. The molecule has 13 heteroatoms. The summed E-state index contributed by atoms with van der Waals surface area (Å²) >= 11 is 0.821. The summed E-state index contributed by atoms with van der Waals surface area (Å²) < 4.78 is 37.7. The summed E-state index contributed by atoms with van der Waals surface area (Å²) in [5.74, 6) is -2.48. The predicted octanol–water partition coefficient (Wildman–Crippen LogP) is 2.68. The highest BCUT2D eigenvalue weighted by molar-refractivity contribution is 7.11. The number of ether oxygens (including phenoxy) is 1. The van der Waals surface area contributed by atoms with Crippen LogP contribution in [0.25, 0.3) is 0 Å². The molecule has 0 radical (unpaired) electrons. The fraction of sp³-hybridized carbons (Fsp3) is 0.640. The molecule has 0 aromatic carbocycles. The van der Waals surface area contributed by atoms with Crippen molar-refractivity contribution in [1.82, 2.24) is 19.5 Å². The summed E-state index contributed by atoms with van der Waals surface area (Å²) in [6.45, 7) is 7.57. The molecule has 1 aliphatic heterocycles. The summed E-state index contributed by atoms with van der Waals surface area (Å²) in [5.41, 5.74) is 3.53. The normalized spacial score (nSPS) is 22.2. The monoisotopic (exact) mass is 556 g/mol. The minimum Gasteiger partial charge on any atom is -0.476 e. The van der Waals surface area contributed by atoms with Gasteiger partial charge in [-0.2, -0.15) is 4.37 Å². The Bertz CT molecular complexity index is 994. The Morgan fingerprint density at radius 2 is 1.89 bits per heavy atom. The summed E-state index contributed by atoms with van der Waals surface area (Å²) in [4.78, 5) is 29.0. The molecule has 5 N–H and O–H groups in total. The number of allylic oxidation sites excluding steroid dienone is 3. The Morgan fingerprint density at radius 3 is 2.58 bits per heavy atom. The lowest BCUT2D eigenvalue weighted by Crippen LogP contribution is -2.47. The van der Waals surface area contributed by atoms with E-state index in [0.29, 0.717) is 6.54 Å². The minimum absolute atomic E-state index is 0.112. The maximum absolute atomic E-state index is 14.6. The van der Waals surface area contributed by atoms with Crippen LogP contribution in [-0.2, 0) is 0 Å². The van der Waals surface area contributed by atoms with Crippen LogP contribution in [0.15, 0.2) is 24.1 Å². The van der Waals surface area contributed by atoms with E-state index < -0.39 is 29.4 Å². The van der Waals surface area contributed by atoms with Gasteiger partial charge in [0.05, 0.1) is 19.1 Å². The van der Waals surface area contributed by atoms with Crippen molar-refractivity contribution >= 4 is 28.5 Å². The van der Waals surface area contributed by atoms with E-state index in [1.165, 1.54) is 6.92 Å². The van der Waals surface area contributed by atoms with Crippen molar-refractivity contribution in [3.8, 4) is 5.88 Å². The van der Waals surface area contributed by atoms with Gasteiger partial charge in [0.15, 0.2) is 0 Å². The molecule has 3 amide bonds. The van der Waals surface area contributed by atoms with E-state index in [9.17, 15) is 18.4 Å². The Labute approximate surface area is 226 Å². The van der Waals surface area contributed by atoms with Crippen LogP contribution in [0, 0.1) is 5.92 Å². The van der Waals surface area contributed by atoms with Crippen molar-refractivity contribution in [2.75, 3.05) is 64.3 Å². The molecular formula is C25H38F2N6O4S. The molecule has 2 heterocycles. The van der Waals surface area contributed by atoms with E-state index in [0.717, 1.165) is 94.7 Å². The summed E-state index contributed by atoms with van der Waals surface area (Å²) in [5, 5.41) is 14.5. The molecule has 1 aromatic heterocycles. The molecule has 1 aliphatic carbocycles. The van der Waals surface area contributed by atoms with E-state index in [1.54, 1.807) is 0 Å². The number of alkyl halides is 1. The van der Waals surface area contributed by atoms with Crippen LogP contribution < -0.4 is 21.1 Å². The third-order valence-corrected chi connectivity index (χ3v) is 7.50. The van der Waals surface area contributed by atoms with Crippen LogP contribution in [-0.4, -0.2) is 95.9 Å². The Kier molecular flexibility index (Phi) is 11.4. The number of carbonyl (C=O) groups excluding carboxylic acids is 2. The number of unbranched alkanes of at least 4 members (excludes halogenated alkanes) is 3. The van der Waals surface area contributed by atoms with Gasteiger partial charge < -0.3 is 25.8 Å². The van der Waals surface area contributed by atoms with Gasteiger partial charge in [0.25, 0.3) is 5.91 Å². The lowest BCUT2D eigenvalue weighted by Gasteiger charge is -2.34. The number of halogens is 2. The van der Waals surface area contributed by atoms with E-state index in [2.05, 4.69) is 24.8 Å². The first-order valence-electron chi connectivity index (χ1n) is 13.0. The average Bonchev–Trinajstić information content (AvgIpc) is 3.27. The standard InChI is InChI=1S/C25H38F2N6O4S/c1-25(27)7-6-19(26)16-18(25)17-37-22-20(21(28)35)23(38-31-22)30-24(36)29-8-4-2-3-5-9-32-10-12-33(13-11-32)14-15-34/h6-7,16,18,34H,2-5,8-15,17H2,1H3,(H2,28,35)(H2,29,30,36). The molecule has 0 bridgehead atoms. The maximum atomic E-state index is 14.6. The minimum atomic E-state index is -1.82. The molecule has 0 saturated carbocycles. The molecule has 3 rings (SSSR count). The molecule has 2 atom stereocenters. The number of anilines is 1. The number of amides is 3. The number of nitrogens with two attached hydrogens (primary N) is 1. The molecule has 0 spiro atoms. The largest absolute Gasteiger partial charge is 0.476 e. The van der Waals surface area contributed by atoms with Crippen molar-refractivity contribution in [2.45, 2.75) is 38.3 Å². The summed E-state index contributed by atoms with van der Waals surface area (Å²) in [7, 11) is 0. The Balaban J connectivity index is 1.35. The third-order valence-electron chi connectivity index (χ3n) is 6.76. The van der Waals surface area contributed by atoms with Gasteiger partial charge in [-0.3, -0.25) is 15.0 Å². The lowest BCUT2D eigenvalue weighted by molar-refractivity contribution is 0.0991. The van der Waals surface area contributed by atoms with Gasteiger partial charge in [-0.05, 0) is 56.1 Å². The van der Waals surface area contributed by atoms with Gasteiger partial charge in [-0.15, -0.1) is 0 Å². The molecular weight excluding hydrogens is 518 g/mol. The number of urea groups is 1. The third kappa shape index (κ3) is 9.00. The molecule has 1 saturated heterocycles. The number of hydrogen-bond acceptors (Lipinski definition) is 8. The summed E-state index contributed by atoms with van der Waals surface area (Å²) in [6, 6.07) is -0.498. The zero-order valence-electron chi connectivity index (χ0n) is 21.8. The molecule has 38 heavy (non-hydrogen) atoms. The number of β-amino-alcohol motifs (C(OH)–C–C–N with tert-alkyl or cyclic N) is 1. The number of aliphatic hydroxyl groups excluding tert-OH is 1. The van der Waals surface area contributed by atoms with Crippen molar-refractivity contribution in [3.05, 3.63) is 29.6 Å². The SMILES string of the molecule is CC1(F)C=CC(F)=CC1COc1nsc(NC(=O)NCCCCCCN2CCN(CCO)CC2)c1C(N)=O. The number of aliphatic hydroxyl groups is 1. The number of nitrogens with one attached hydrogen (secondary N) is 2. The molecule has 1 fully saturated rings. The first-order chi connectivity index (χ1) is 18.2. The molecule has 10 nitrogen and oxygen atoms in total. The Morgan fingerprint density at radius 1 is 1.21 bits per heavy atom. The van der Waals surface area contributed by atoms with E-state index in [-0.39, 0.29) is 29.7 Å². The van der Waals surface area contributed by atoms with E-state index in [1.807, 2.05) is 0 Å². The Hall–Kier alpha value is -2.61. The fourth-order valence-electron chi connectivity index (χ4n) is 4.37. The van der Waals surface area contributed by atoms with Crippen LogP contribution in [0.2, 0.25) is 0 Å². The molecule has 2 unspecified atom stereocenters. The first kappa shape index (κ1) is 29.9. The maximum Gasteiger partial charge on any atom is 0.319 e.